The molecule has 3 aromatic rings. The molecule has 146 valence electrons. The van der Waals surface area contributed by atoms with Gasteiger partial charge < -0.3 is 9.47 Å². The Kier molecular flexibility index (Phi) is 4.98. The maximum atomic E-state index is 13.2. The summed E-state index contributed by atoms with van der Waals surface area (Å²) in [5, 5.41) is 0.644. The molecule has 1 atom stereocenters. The van der Waals surface area contributed by atoms with Crippen molar-refractivity contribution in [2.45, 2.75) is 48.6 Å². The second kappa shape index (κ2) is 7.43. The van der Waals surface area contributed by atoms with Gasteiger partial charge in [0.2, 0.25) is 15.7 Å². The molecule has 4 rings (SSSR count). The van der Waals surface area contributed by atoms with Crippen molar-refractivity contribution in [3.63, 3.8) is 0 Å². The minimum Gasteiger partial charge on any atom is -0.338 e. The molecule has 0 saturated carbocycles. The number of carbonyl (C=O) groups is 1. The summed E-state index contributed by atoms with van der Waals surface area (Å²) < 4.78 is 28.2. The van der Waals surface area contributed by atoms with Crippen LogP contribution in [0.4, 0.5) is 0 Å². The molecule has 0 radical (unpaired) electrons. The van der Waals surface area contributed by atoms with Crippen molar-refractivity contribution in [1.29, 1.82) is 0 Å². The zero-order valence-electron chi connectivity index (χ0n) is 15.9. The Morgan fingerprint density at radius 3 is 2.50 bits per heavy atom. The summed E-state index contributed by atoms with van der Waals surface area (Å²) in [6.45, 7) is 3.00. The van der Waals surface area contributed by atoms with Crippen molar-refractivity contribution < 1.29 is 13.2 Å². The van der Waals surface area contributed by atoms with Gasteiger partial charge in [-0.2, -0.15) is 0 Å². The van der Waals surface area contributed by atoms with E-state index >= 15 is 0 Å². The van der Waals surface area contributed by atoms with Gasteiger partial charge in [-0.3, -0.25) is 4.79 Å². The van der Waals surface area contributed by atoms with Gasteiger partial charge in [-0.1, -0.05) is 36.4 Å². The Hall–Kier alpha value is -2.60. The smallest absolute Gasteiger partial charge is 0.242 e. The molecule has 1 unspecified atom stereocenters. The first-order valence-electron chi connectivity index (χ1n) is 9.66. The number of fused-ring (bicyclic) bond motifs is 1. The lowest BCUT2D eigenvalue weighted by molar-refractivity contribution is -0.135. The van der Waals surface area contributed by atoms with Crippen molar-refractivity contribution in [1.82, 2.24) is 9.47 Å². The van der Waals surface area contributed by atoms with E-state index < -0.39 is 9.84 Å². The molecule has 0 N–H and O–H groups in total. The summed E-state index contributed by atoms with van der Waals surface area (Å²) in [4.78, 5) is 15.3. The van der Waals surface area contributed by atoms with Crippen LogP contribution in [0, 0.1) is 0 Å². The molecule has 1 fully saturated rings. The monoisotopic (exact) mass is 396 g/mol. The highest BCUT2D eigenvalue weighted by molar-refractivity contribution is 7.91. The fraction of sp³-hybridized carbons (Fsp3) is 0.318. The molecule has 2 aromatic carbocycles. The molecule has 6 heteroatoms. The molecule has 28 heavy (non-hydrogen) atoms. The number of benzene rings is 2. The fourth-order valence-corrected chi connectivity index (χ4v) is 5.49. The predicted molar refractivity (Wildman–Crippen MR) is 109 cm³/mol. The normalized spacial score (nSPS) is 17.8. The van der Waals surface area contributed by atoms with E-state index in [0.29, 0.717) is 5.39 Å². The number of likely N-dealkylation sites (tertiary alicyclic amines) is 1. The highest BCUT2D eigenvalue weighted by Crippen LogP contribution is 2.30. The lowest BCUT2D eigenvalue weighted by atomic mass is 10.0. The molecule has 0 bridgehead atoms. The number of sulfone groups is 1. The second-order valence-corrected chi connectivity index (χ2v) is 9.30. The van der Waals surface area contributed by atoms with E-state index in [9.17, 15) is 13.2 Å². The highest BCUT2D eigenvalue weighted by Gasteiger charge is 2.26. The Balaban J connectivity index is 1.74. The van der Waals surface area contributed by atoms with Gasteiger partial charge in [-0.15, -0.1) is 0 Å². The average Bonchev–Trinajstić information content (AvgIpc) is 3.08. The van der Waals surface area contributed by atoms with E-state index in [-0.39, 0.29) is 28.3 Å². The first-order chi connectivity index (χ1) is 13.5. The molecule has 2 heterocycles. The largest absolute Gasteiger partial charge is 0.338 e. The van der Waals surface area contributed by atoms with Crippen molar-refractivity contribution in [3.8, 4) is 0 Å². The van der Waals surface area contributed by atoms with Crippen molar-refractivity contribution in [2.75, 3.05) is 6.54 Å². The number of hydrogen-bond donors (Lipinski definition) is 0. The van der Waals surface area contributed by atoms with Gasteiger partial charge in [0, 0.05) is 29.7 Å². The van der Waals surface area contributed by atoms with E-state index in [1.54, 1.807) is 47.2 Å². The molecule has 1 aromatic heterocycles. The van der Waals surface area contributed by atoms with Crippen LogP contribution in [-0.2, 0) is 21.2 Å². The van der Waals surface area contributed by atoms with Gasteiger partial charge in [0.05, 0.1) is 9.79 Å². The van der Waals surface area contributed by atoms with Gasteiger partial charge in [-0.25, -0.2) is 8.42 Å². The van der Waals surface area contributed by atoms with Crippen molar-refractivity contribution in [3.05, 3.63) is 60.8 Å². The molecule has 5 nitrogen and oxygen atoms in total. The third-order valence-electron chi connectivity index (χ3n) is 5.52. The van der Waals surface area contributed by atoms with E-state index in [0.717, 1.165) is 31.3 Å². The third-order valence-corrected chi connectivity index (χ3v) is 7.32. The minimum atomic E-state index is -3.66. The van der Waals surface area contributed by atoms with Crippen LogP contribution < -0.4 is 0 Å². The van der Waals surface area contributed by atoms with Crippen LogP contribution in [0.25, 0.3) is 10.9 Å². The van der Waals surface area contributed by atoms with Crippen LogP contribution in [0.15, 0.2) is 70.6 Å². The van der Waals surface area contributed by atoms with Crippen LogP contribution in [0.1, 0.15) is 26.2 Å². The first-order valence-corrected chi connectivity index (χ1v) is 11.1. The summed E-state index contributed by atoms with van der Waals surface area (Å²) in [6.07, 6.45) is 4.80. The first kappa shape index (κ1) is 18.7. The van der Waals surface area contributed by atoms with E-state index in [1.807, 2.05) is 23.1 Å². The summed E-state index contributed by atoms with van der Waals surface area (Å²) in [5.41, 5.74) is 0.759. The molecule has 0 aliphatic carbocycles. The third kappa shape index (κ3) is 3.33. The minimum absolute atomic E-state index is 0.0385. The van der Waals surface area contributed by atoms with E-state index in [2.05, 4.69) is 6.92 Å². The zero-order chi connectivity index (χ0) is 19.7. The average molecular weight is 397 g/mol. The molecular weight excluding hydrogens is 372 g/mol. The second-order valence-electron chi connectivity index (χ2n) is 7.39. The zero-order valence-corrected chi connectivity index (χ0v) is 16.7. The Bertz CT molecular complexity index is 1100. The fourth-order valence-electron chi connectivity index (χ4n) is 3.99. The standard InChI is InChI=1S/C22H24N2O3S/c1-17-9-7-8-14-24(17)22(25)16-23-15-21(19-12-5-6-13-20(19)23)28(26,27)18-10-3-2-4-11-18/h2-6,10-13,15,17H,7-9,14,16H2,1H3. The maximum Gasteiger partial charge on any atom is 0.242 e. The number of nitrogens with zero attached hydrogens (tertiary/aromatic N) is 2. The van der Waals surface area contributed by atoms with E-state index in [4.69, 9.17) is 0 Å². The number of hydrogen-bond acceptors (Lipinski definition) is 3. The summed E-state index contributed by atoms with van der Waals surface area (Å²) in [6, 6.07) is 16.0. The summed E-state index contributed by atoms with van der Waals surface area (Å²) in [5.74, 6) is 0.0385. The molecule has 0 spiro atoms. The molecule has 1 amide bonds. The molecule has 1 saturated heterocycles. The van der Waals surface area contributed by atoms with Crippen molar-refractivity contribution >= 4 is 26.6 Å². The van der Waals surface area contributed by atoms with Crippen LogP contribution in [0.3, 0.4) is 0 Å². The highest BCUT2D eigenvalue weighted by atomic mass is 32.2. The number of piperidine rings is 1. The van der Waals surface area contributed by atoms with Gasteiger partial charge >= 0.3 is 0 Å². The number of amides is 1. The molecular formula is C22H24N2O3S. The van der Waals surface area contributed by atoms with Gasteiger partial charge in [0.25, 0.3) is 0 Å². The Morgan fingerprint density at radius 2 is 1.75 bits per heavy atom. The van der Waals surface area contributed by atoms with Gasteiger partial charge in [0.1, 0.15) is 6.54 Å². The van der Waals surface area contributed by atoms with Crippen LogP contribution in [-0.4, -0.2) is 36.4 Å². The number of aromatic nitrogens is 1. The Labute approximate surface area is 165 Å². The molecule has 1 aliphatic heterocycles. The number of para-hydroxylation sites is 1. The van der Waals surface area contributed by atoms with Crippen LogP contribution in [0.5, 0.6) is 0 Å². The summed E-state index contributed by atoms with van der Waals surface area (Å²) in [7, 11) is -3.66. The lowest BCUT2D eigenvalue weighted by Gasteiger charge is -2.33. The lowest BCUT2D eigenvalue weighted by Crippen LogP contribution is -2.43. The Morgan fingerprint density at radius 1 is 1.04 bits per heavy atom. The van der Waals surface area contributed by atoms with E-state index in [1.165, 1.54) is 0 Å². The molecule has 1 aliphatic rings. The predicted octanol–water partition coefficient (Wildman–Crippen LogP) is 3.88. The van der Waals surface area contributed by atoms with Crippen molar-refractivity contribution in [2.24, 2.45) is 0 Å². The number of carbonyl (C=O) groups excluding carboxylic acids is 1. The SMILES string of the molecule is CC1CCCCN1C(=O)Cn1cc(S(=O)(=O)c2ccccc2)c2ccccc21. The van der Waals surface area contributed by atoms with Gasteiger partial charge in [-0.05, 0) is 44.4 Å². The number of rotatable bonds is 4. The summed E-state index contributed by atoms with van der Waals surface area (Å²) >= 11 is 0. The van der Waals surface area contributed by atoms with Gasteiger partial charge in [0.15, 0.2) is 0 Å². The maximum absolute atomic E-state index is 13.2. The topological polar surface area (TPSA) is 59.4 Å². The quantitative estimate of drug-likeness (QED) is 0.672. The van der Waals surface area contributed by atoms with Crippen LogP contribution in [0.2, 0.25) is 0 Å². The van der Waals surface area contributed by atoms with Crippen LogP contribution >= 0.6 is 0 Å².